The van der Waals surface area contributed by atoms with Crippen LogP contribution >= 0.6 is 15.9 Å². The molecule has 1 aromatic heterocycles. The molecule has 2 atom stereocenters. The van der Waals surface area contributed by atoms with Crippen LogP contribution in [0.2, 0.25) is 0 Å². The van der Waals surface area contributed by atoms with Crippen LogP contribution in [0.25, 0.3) is 0 Å². The first-order valence-electron chi connectivity index (χ1n) is 8.01. The van der Waals surface area contributed by atoms with Gasteiger partial charge in [-0.3, -0.25) is 4.79 Å². The molecule has 1 aliphatic carbocycles. The number of hydrogen-bond acceptors (Lipinski definition) is 3. The van der Waals surface area contributed by atoms with Gasteiger partial charge in [0.15, 0.2) is 0 Å². The quantitative estimate of drug-likeness (QED) is 0.845. The van der Waals surface area contributed by atoms with Gasteiger partial charge in [-0.1, -0.05) is 33.6 Å². The van der Waals surface area contributed by atoms with E-state index in [1.807, 2.05) is 6.07 Å². The third kappa shape index (κ3) is 5.06. The first-order chi connectivity index (χ1) is 10.4. The number of carbonyl (C=O) groups is 1. The summed E-state index contributed by atoms with van der Waals surface area (Å²) in [6.07, 6.45) is 6.64. The highest BCUT2D eigenvalue weighted by Gasteiger charge is 2.33. The van der Waals surface area contributed by atoms with Crippen molar-refractivity contribution < 1.29 is 4.79 Å². The minimum Gasteiger partial charge on any atom is -0.310 e. The predicted octanol–water partition coefficient (Wildman–Crippen LogP) is 3.98. The summed E-state index contributed by atoms with van der Waals surface area (Å²) in [4.78, 5) is 16.2. The Morgan fingerprint density at radius 2 is 2.05 bits per heavy atom. The molecule has 2 rings (SSSR count). The number of pyridine rings is 1. The molecule has 2 N–H and O–H groups in total. The molecule has 1 saturated carbocycles. The number of nitrogens with zero attached hydrogens (tertiary/aromatic N) is 1. The Hall–Kier alpha value is -0.940. The molecular formula is C17H26BrN3O. The summed E-state index contributed by atoms with van der Waals surface area (Å²) in [6.45, 7) is 7.23. The van der Waals surface area contributed by atoms with Crippen LogP contribution in [-0.2, 0) is 4.79 Å². The van der Waals surface area contributed by atoms with Crippen molar-refractivity contribution in [3.8, 4) is 0 Å². The van der Waals surface area contributed by atoms with E-state index in [9.17, 15) is 4.79 Å². The average Bonchev–Trinajstić information content (AvgIpc) is 2.47. The van der Waals surface area contributed by atoms with E-state index in [-0.39, 0.29) is 11.3 Å². The lowest BCUT2D eigenvalue weighted by Crippen LogP contribution is -2.46. The monoisotopic (exact) mass is 367 g/mol. The third-order valence-corrected chi connectivity index (χ3v) is 4.87. The summed E-state index contributed by atoms with van der Waals surface area (Å²) in [6, 6.07) is 4.09. The zero-order chi connectivity index (χ0) is 16.2. The van der Waals surface area contributed by atoms with E-state index >= 15 is 0 Å². The fraction of sp³-hybridized carbons (Fsp3) is 0.647. The molecule has 22 heavy (non-hydrogen) atoms. The maximum atomic E-state index is 12.1. The topological polar surface area (TPSA) is 54.0 Å². The van der Waals surface area contributed by atoms with Gasteiger partial charge < -0.3 is 10.6 Å². The van der Waals surface area contributed by atoms with Crippen LogP contribution in [0.1, 0.15) is 46.5 Å². The van der Waals surface area contributed by atoms with Gasteiger partial charge in [0.1, 0.15) is 5.82 Å². The molecule has 0 aromatic carbocycles. The SMILES string of the molecule is CC(C)(C)C1CCCCC1NCC(=O)Nc1ccc(Br)cn1. The lowest BCUT2D eigenvalue weighted by Gasteiger charge is -2.40. The minimum absolute atomic E-state index is 0.0342. The summed E-state index contributed by atoms with van der Waals surface area (Å²) < 4.78 is 0.902. The van der Waals surface area contributed by atoms with Gasteiger partial charge in [0.25, 0.3) is 0 Å². The first-order valence-corrected chi connectivity index (χ1v) is 8.80. The van der Waals surface area contributed by atoms with Crippen molar-refractivity contribution in [2.75, 3.05) is 11.9 Å². The molecule has 1 aromatic rings. The molecule has 4 nitrogen and oxygen atoms in total. The number of nitrogens with one attached hydrogen (secondary N) is 2. The second kappa shape index (κ2) is 7.55. The average molecular weight is 368 g/mol. The number of carbonyl (C=O) groups excluding carboxylic acids is 1. The molecule has 0 saturated heterocycles. The summed E-state index contributed by atoms with van der Waals surface area (Å²) >= 11 is 3.33. The Kier molecular flexibility index (Phi) is 5.98. The van der Waals surface area contributed by atoms with Crippen molar-refractivity contribution in [2.45, 2.75) is 52.5 Å². The molecule has 1 fully saturated rings. The summed E-state index contributed by atoms with van der Waals surface area (Å²) in [5, 5.41) is 6.29. The van der Waals surface area contributed by atoms with Crippen molar-refractivity contribution in [1.29, 1.82) is 0 Å². The number of aromatic nitrogens is 1. The Labute approximate surface area is 141 Å². The van der Waals surface area contributed by atoms with Crippen LogP contribution in [0.5, 0.6) is 0 Å². The molecule has 1 heterocycles. The Bertz CT molecular complexity index is 496. The largest absolute Gasteiger partial charge is 0.310 e. The van der Waals surface area contributed by atoms with Crippen molar-refractivity contribution in [3.63, 3.8) is 0 Å². The number of halogens is 1. The van der Waals surface area contributed by atoms with Crippen molar-refractivity contribution >= 4 is 27.7 Å². The lowest BCUT2D eigenvalue weighted by molar-refractivity contribution is -0.115. The Balaban J connectivity index is 1.85. The standard InChI is InChI=1S/C17H26BrN3O/c1-17(2,3)13-6-4-5-7-14(13)19-11-16(22)21-15-9-8-12(18)10-20-15/h8-10,13-14,19H,4-7,11H2,1-3H3,(H,20,21,22). The first kappa shape index (κ1) is 17.4. The van der Waals surface area contributed by atoms with Gasteiger partial charge in [0.05, 0.1) is 6.54 Å². The van der Waals surface area contributed by atoms with Crippen molar-refractivity contribution in [3.05, 3.63) is 22.8 Å². The minimum atomic E-state index is -0.0342. The molecule has 0 radical (unpaired) electrons. The van der Waals surface area contributed by atoms with Crippen LogP contribution in [0, 0.1) is 11.3 Å². The van der Waals surface area contributed by atoms with E-state index < -0.39 is 0 Å². The van der Waals surface area contributed by atoms with Crippen molar-refractivity contribution in [2.24, 2.45) is 11.3 Å². The van der Waals surface area contributed by atoms with Crippen LogP contribution in [0.4, 0.5) is 5.82 Å². The molecule has 122 valence electrons. The number of amides is 1. The summed E-state index contributed by atoms with van der Waals surface area (Å²) in [5.41, 5.74) is 0.280. The second-order valence-corrected chi connectivity index (χ2v) is 8.07. The molecule has 0 spiro atoms. The maximum Gasteiger partial charge on any atom is 0.239 e. The highest BCUT2D eigenvalue weighted by Crippen LogP contribution is 2.37. The van der Waals surface area contributed by atoms with Crippen molar-refractivity contribution in [1.82, 2.24) is 10.3 Å². The predicted molar refractivity (Wildman–Crippen MR) is 93.8 cm³/mol. The van der Waals surface area contributed by atoms with Crippen LogP contribution in [0.15, 0.2) is 22.8 Å². The lowest BCUT2D eigenvalue weighted by atomic mass is 9.69. The molecule has 0 aliphatic heterocycles. The van der Waals surface area contributed by atoms with Gasteiger partial charge in [-0.15, -0.1) is 0 Å². The van der Waals surface area contributed by atoms with E-state index in [1.165, 1.54) is 19.3 Å². The maximum absolute atomic E-state index is 12.1. The smallest absolute Gasteiger partial charge is 0.239 e. The zero-order valence-electron chi connectivity index (χ0n) is 13.7. The fourth-order valence-electron chi connectivity index (χ4n) is 3.27. The van der Waals surface area contributed by atoms with E-state index in [1.54, 1.807) is 12.3 Å². The van der Waals surface area contributed by atoms with Gasteiger partial charge in [-0.2, -0.15) is 0 Å². The molecule has 2 unspecified atom stereocenters. The van der Waals surface area contributed by atoms with Gasteiger partial charge in [0, 0.05) is 16.7 Å². The molecule has 1 amide bonds. The van der Waals surface area contributed by atoms with Crippen LogP contribution in [0.3, 0.4) is 0 Å². The van der Waals surface area contributed by atoms with E-state index in [4.69, 9.17) is 0 Å². The normalized spacial score (nSPS) is 22.4. The van der Waals surface area contributed by atoms with Gasteiger partial charge in [0.2, 0.25) is 5.91 Å². The third-order valence-electron chi connectivity index (χ3n) is 4.40. The molecule has 0 bridgehead atoms. The number of anilines is 1. The van der Waals surface area contributed by atoms with Gasteiger partial charge >= 0.3 is 0 Å². The summed E-state index contributed by atoms with van der Waals surface area (Å²) in [7, 11) is 0. The van der Waals surface area contributed by atoms with Crippen LogP contribution in [-0.4, -0.2) is 23.5 Å². The number of rotatable bonds is 4. The Morgan fingerprint density at radius 1 is 1.32 bits per heavy atom. The Morgan fingerprint density at radius 3 is 2.68 bits per heavy atom. The van der Waals surface area contributed by atoms with Gasteiger partial charge in [-0.25, -0.2) is 4.98 Å². The molecule has 5 heteroatoms. The highest BCUT2D eigenvalue weighted by atomic mass is 79.9. The zero-order valence-corrected chi connectivity index (χ0v) is 15.2. The fourth-order valence-corrected chi connectivity index (χ4v) is 3.51. The van der Waals surface area contributed by atoms with Gasteiger partial charge in [-0.05, 0) is 52.2 Å². The molecular weight excluding hydrogens is 342 g/mol. The highest BCUT2D eigenvalue weighted by molar-refractivity contribution is 9.10. The number of hydrogen-bond donors (Lipinski definition) is 2. The van der Waals surface area contributed by atoms with E-state index in [2.05, 4.69) is 52.3 Å². The molecule has 1 aliphatic rings. The summed E-state index contributed by atoms with van der Waals surface area (Å²) in [5.74, 6) is 1.18. The van der Waals surface area contributed by atoms with E-state index in [0.717, 1.165) is 10.9 Å². The van der Waals surface area contributed by atoms with E-state index in [0.29, 0.717) is 24.3 Å². The van der Waals surface area contributed by atoms with Crippen LogP contribution < -0.4 is 10.6 Å². The second-order valence-electron chi connectivity index (χ2n) is 7.15.